The fourth-order valence-electron chi connectivity index (χ4n) is 2.14. The van der Waals surface area contributed by atoms with E-state index in [1.165, 1.54) is 57.8 Å². The third-order valence-corrected chi connectivity index (χ3v) is 3.64. The third-order valence-electron chi connectivity index (χ3n) is 3.27. The van der Waals surface area contributed by atoms with Crippen LogP contribution in [0.1, 0.15) is 84.0 Å². The molecule has 2 nitrogen and oxygen atoms in total. The van der Waals surface area contributed by atoms with Crippen LogP contribution < -0.4 is 0 Å². The Hall–Kier alpha value is -0.240. The highest BCUT2D eigenvalue weighted by Gasteiger charge is 2.08. The third kappa shape index (κ3) is 13.8. The molecule has 0 aliphatic heterocycles. The molecular formula is C15H29ClO2. The van der Waals surface area contributed by atoms with Crippen LogP contribution in [-0.2, 0) is 4.79 Å². The summed E-state index contributed by atoms with van der Waals surface area (Å²) in [5.74, 6) is -0.790. The normalized spacial score (nSPS) is 12.6. The highest BCUT2D eigenvalue weighted by molar-refractivity contribution is 6.21. The van der Waals surface area contributed by atoms with Crippen molar-refractivity contribution in [1.82, 2.24) is 0 Å². The first-order valence-electron chi connectivity index (χ1n) is 7.52. The van der Waals surface area contributed by atoms with Crippen molar-refractivity contribution in [3.63, 3.8) is 0 Å². The van der Waals surface area contributed by atoms with E-state index >= 15 is 0 Å². The summed E-state index contributed by atoms with van der Waals surface area (Å²) in [5, 5.41) is 8.38. The van der Waals surface area contributed by atoms with Crippen LogP contribution >= 0.6 is 11.6 Å². The lowest BCUT2D eigenvalue weighted by Gasteiger charge is -2.06. The molecule has 3 heteroatoms. The molecule has 0 aromatic rings. The van der Waals surface area contributed by atoms with Gasteiger partial charge >= 0.3 is 5.97 Å². The van der Waals surface area contributed by atoms with Gasteiger partial charge < -0.3 is 5.11 Å². The summed E-state index contributed by atoms with van der Waals surface area (Å²) in [7, 11) is 0. The average Bonchev–Trinajstić information content (AvgIpc) is 2.30. The SMILES string of the molecule is CCCCCCCCCCCCC(Cl)CC(=O)O. The lowest BCUT2D eigenvalue weighted by Crippen LogP contribution is -2.06. The molecular weight excluding hydrogens is 248 g/mol. The molecule has 0 amide bonds. The van der Waals surface area contributed by atoms with E-state index in [1.807, 2.05) is 0 Å². The van der Waals surface area contributed by atoms with Crippen LogP contribution in [-0.4, -0.2) is 16.5 Å². The first-order valence-corrected chi connectivity index (χ1v) is 7.96. The Morgan fingerprint density at radius 3 is 1.83 bits per heavy atom. The molecule has 0 rings (SSSR count). The summed E-state index contributed by atoms with van der Waals surface area (Å²) in [4.78, 5) is 10.4. The first kappa shape index (κ1) is 17.8. The monoisotopic (exact) mass is 276 g/mol. The van der Waals surface area contributed by atoms with E-state index in [-0.39, 0.29) is 11.8 Å². The predicted molar refractivity (Wildman–Crippen MR) is 78.4 cm³/mol. The Bertz CT molecular complexity index is 195. The van der Waals surface area contributed by atoms with Gasteiger partial charge in [-0.2, -0.15) is 0 Å². The molecule has 0 saturated heterocycles. The molecule has 0 aromatic carbocycles. The molecule has 0 radical (unpaired) electrons. The fourth-order valence-corrected chi connectivity index (χ4v) is 2.43. The van der Waals surface area contributed by atoms with Crippen LogP contribution in [0.2, 0.25) is 0 Å². The van der Waals surface area contributed by atoms with Crippen molar-refractivity contribution in [2.45, 2.75) is 89.4 Å². The molecule has 0 aromatic heterocycles. The van der Waals surface area contributed by atoms with Crippen molar-refractivity contribution in [1.29, 1.82) is 0 Å². The van der Waals surface area contributed by atoms with E-state index in [0.29, 0.717) is 0 Å². The minimum atomic E-state index is -0.790. The molecule has 1 N–H and O–H groups in total. The molecule has 0 spiro atoms. The fraction of sp³-hybridized carbons (Fsp3) is 0.933. The summed E-state index contributed by atoms with van der Waals surface area (Å²) in [6, 6.07) is 0. The zero-order valence-corrected chi connectivity index (χ0v) is 12.6. The smallest absolute Gasteiger partial charge is 0.304 e. The molecule has 0 heterocycles. The van der Waals surface area contributed by atoms with Gasteiger partial charge in [-0.15, -0.1) is 11.6 Å². The van der Waals surface area contributed by atoms with Gasteiger partial charge in [0.15, 0.2) is 0 Å². The predicted octanol–water partition coefficient (Wildman–Crippen LogP) is 5.38. The van der Waals surface area contributed by atoms with Crippen LogP contribution in [0, 0.1) is 0 Å². The molecule has 0 bridgehead atoms. The van der Waals surface area contributed by atoms with Gasteiger partial charge in [0.05, 0.1) is 6.42 Å². The summed E-state index contributed by atoms with van der Waals surface area (Å²) < 4.78 is 0. The lowest BCUT2D eigenvalue weighted by molar-refractivity contribution is -0.137. The van der Waals surface area contributed by atoms with Crippen molar-refractivity contribution in [2.75, 3.05) is 0 Å². The maximum absolute atomic E-state index is 10.4. The average molecular weight is 277 g/mol. The number of alkyl halides is 1. The Morgan fingerprint density at radius 2 is 1.39 bits per heavy atom. The molecule has 18 heavy (non-hydrogen) atoms. The molecule has 1 unspecified atom stereocenters. The summed E-state index contributed by atoms with van der Waals surface area (Å²) in [6.07, 6.45) is 14.0. The summed E-state index contributed by atoms with van der Waals surface area (Å²) in [6.45, 7) is 2.24. The van der Waals surface area contributed by atoms with Gasteiger partial charge in [-0.1, -0.05) is 71.1 Å². The van der Waals surface area contributed by atoms with E-state index in [0.717, 1.165) is 12.8 Å². The van der Waals surface area contributed by atoms with Gasteiger partial charge in [0.1, 0.15) is 0 Å². The zero-order valence-electron chi connectivity index (χ0n) is 11.8. The Balaban J connectivity index is 3.09. The van der Waals surface area contributed by atoms with Gasteiger partial charge in [0.2, 0.25) is 0 Å². The number of rotatable bonds is 13. The van der Waals surface area contributed by atoms with Gasteiger partial charge in [-0.25, -0.2) is 0 Å². The summed E-state index contributed by atoms with van der Waals surface area (Å²) >= 11 is 5.91. The first-order chi connectivity index (χ1) is 8.66. The van der Waals surface area contributed by atoms with Gasteiger partial charge in [-0.05, 0) is 6.42 Å². The van der Waals surface area contributed by atoms with Crippen LogP contribution in [0.4, 0.5) is 0 Å². The van der Waals surface area contributed by atoms with E-state index in [1.54, 1.807) is 0 Å². The minimum absolute atomic E-state index is 0.0962. The van der Waals surface area contributed by atoms with Crippen LogP contribution in [0.25, 0.3) is 0 Å². The van der Waals surface area contributed by atoms with E-state index in [4.69, 9.17) is 16.7 Å². The minimum Gasteiger partial charge on any atom is -0.481 e. The van der Waals surface area contributed by atoms with Crippen molar-refractivity contribution in [2.24, 2.45) is 0 Å². The molecule has 0 aliphatic carbocycles. The number of hydrogen-bond donors (Lipinski definition) is 1. The second kappa shape index (κ2) is 13.2. The highest BCUT2D eigenvalue weighted by atomic mass is 35.5. The summed E-state index contributed by atoms with van der Waals surface area (Å²) in [5.41, 5.74) is 0. The number of carboxylic acids is 1. The van der Waals surface area contributed by atoms with Gasteiger partial charge in [0, 0.05) is 5.38 Å². The number of aliphatic carboxylic acids is 1. The van der Waals surface area contributed by atoms with Crippen molar-refractivity contribution < 1.29 is 9.90 Å². The Labute approximate surface area is 117 Å². The molecule has 1 atom stereocenters. The quantitative estimate of drug-likeness (QED) is 0.362. The number of carbonyl (C=O) groups is 1. The molecule has 0 aliphatic rings. The molecule has 0 saturated carbocycles. The zero-order chi connectivity index (χ0) is 13.6. The standard InChI is InChI=1S/C15H29ClO2/c1-2-3-4-5-6-7-8-9-10-11-12-14(16)13-15(17)18/h14H,2-13H2,1H3,(H,17,18). The number of halogens is 1. The van der Waals surface area contributed by atoms with Crippen LogP contribution in [0.3, 0.4) is 0 Å². The van der Waals surface area contributed by atoms with Crippen molar-refractivity contribution >= 4 is 17.6 Å². The van der Waals surface area contributed by atoms with E-state index in [2.05, 4.69) is 6.92 Å². The maximum Gasteiger partial charge on any atom is 0.304 e. The van der Waals surface area contributed by atoms with Gasteiger partial charge in [-0.3, -0.25) is 4.79 Å². The van der Waals surface area contributed by atoms with E-state index < -0.39 is 5.97 Å². The Morgan fingerprint density at radius 1 is 0.944 bits per heavy atom. The topological polar surface area (TPSA) is 37.3 Å². The van der Waals surface area contributed by atoms with E-state index in [9.17, 15) is 4.79 Å². The number of unbranched alkanes of at least 4 members (excludes halogenated alkanes) is 9. The Kier molecular flexibility index (Phi) is 13.0. The molecule has 0 fully saturated rings. The lowest BCUT2D eigenvalue weighted by atomic mass is 10.0. The van der Waals surface area contributed by atoms with Gasteiger partial charge in [0.25, 0.3) is 0 Å². The maximum atomic E-state index is 10.4. The van der Waals surface area contributed by atoms with Crippen LogP contribution in [0.15, 0.2) is 0 Å². The second-order valence-corrected chi connectivity index (χ2v) is 5.78. The second-order valence-electron chi connectivity index (χ2n) is 5.17. The highest BCUT2D eigenvalue weighted by Crippen LogP contribution is 2.15. The van der Waals surface area contributed by atoms with Crippen LogP contribution in [0.5, 0.6) is 0 Å². The van der Waals surface area contributed by atoms with Crippen molar-refractivity contribution in [3.05, 3.63) is 0 Å². The number of carboxylic acid groups (broad SMARTS) is 1. The largest absolute Gasteiger partial charge is 0.481 e. The van der Waals surface area contributed by atoms with Crippen molar-refractivity contribution in [3.8, 4) is 0 Å². The molecule has 108 valence electrons. The number of hydrogen-bond acceptors (Lipinski definition) is 1.